The van der Waals surface area contributed by atoms with Gasteiger partial charge in [-0.05, 0) is 33.6 Å². The highest BCUT2D eigenvalue weighted by atomic mass is 16.5. The van der Waals surface area contributed by atoms with Gasteiger partial charge in [-0.25, -0.2) is 14.8 Å². The van der Waals surface area contributed by atoms with Crippen molar-refractivity contribution in [3.05, 3.63) is 17.1 Å². The Balaban J connectivity index is 2.52. The highest BCUT2D eigenvalue weighted by Gasteiger charge is 2.29. The van der Waals surface area contributed by atoms with Crippen molar-refractivity contribution < 1.29 is 9.53 Å². The second-order valence-electron chi connectivity index (χ2n) is 5.96. The first-order chi connectivity index (χ1) is 9.31. The molecule has 20 heavy (non-hydrogen) atoms. The van der Waals surface area contributed by atoms with Crippen LogP contribution in [-0.4, -0.2) is 23.0 Å². The summed E-state index contributed by atoms with van der Waals surface area (Å²) >= 11 is 0. The first kappa shape index (κ1) is 14.3. The van der Waals surface area contributed by atoms with Crippen LogP contribution in [0.5, 0.6) is 0 Å². The van der Waals surface area contributed by atoms with Gasteiger partial charge >= 0.3 is 5.97 Å². The normalized spacial score (nSPS) is 14.4. The molecule has 1 aliphatic rings. The molecule has 0 amide bonds. The van der Waals surface area contributed by atoms with Crippen molar-refractivity contribution in [1.82, 2.24) is 9.97 Å². The summed E-state index contributed by atoms with van der Waals surface area (Å²) in [5.74, 6) is 6.61. The van der Waals surface area contributed by atoms with Crippen molar-refractivity contribution in [3.63, 3.8) is 0 Å². The third-order valence-electron chi connectivity index (χ3n) is 2.84. The highest BCUT2D eigenvalue weighted by Crippen LogP contribution is 2.38. The largest absolute Gasteiger partial charge is 0.464 e. The van der Waals surface area contributed by atoms with Crippen LogP contribution in [0.3, 0.4) is 0 Å². The molecule has 1 heterocycles. The zero-order valence-corrected chi connectivity index (χ0v) is 12.3. The van der Waals surface area contributed by atoms with Crippen LogP contribution in [0.15, 0.2) is 0 Å². The molecular weight excluding hydrogens is 254 g/mol. The summed E-state index contributed by atoms with van der Waals surface area (Å²) in [4.78, 5) is 20.4. The summed E-state index contributed by atoms with van der Waals surface area (Å²) in [7, 11) is 1.32. The van der Waals surface area contributed by atoms with Gasteiger partial charge in [0.25, 0.3) is 0 Å². The number of aromatic nitrogens is 2. The van der Waals surface area contributed by atoms with Crippen molar-refractivity contribution in [1.29, 1.82) is 0 Å². The van der Waals surface area contributed by atoms with Crippen molar-refractivity contribution in [2.75, 3.05) is 12.8 Å². The molecule has 106 valence electrons. The standard InChI is InChI=1S/C15H19N3O2/c1-15(2,3)8-7-10-11(14(19)20-4)17-13(9-5-6-9)18-12(10)16/h9H,5-6H2,1-4H3,(H2,16,17,18). The third kappa shape index (κ3) is 3.27. The molecular formula is C15H19N3O2. The molecule has 0 radical (unpaired) electrons. The second-order valence-corrected chi connectivity index (χ2v) is 5.96. The monoisotopic (exact) mass is 273 g/mol. The molecule has 2 rings (SSSR count). The van der Waals surface area contributed by atoms with Crippen LogP contribution in [0.25, 0.3) is 0 Å². The van der Waals surface area contributed by atoms with Crippen LogP contribution in [0.1, 0.15) is 61.4 Å². The Labute approximate surface area is 118 Å². The van der Waals surface area contributed by atoms with E-state index >= 15 is 0 Å². The molecule has 1 saturated carbocycles. The fourth-order valence-corrected chi connectivity index (χ4v) is 1.64. The molecule has 0 unspecified atom stereocenters. The number of nitrogen functional groups attached to an aromatic ring is 1. The molecule has 0 aromatic carbocycles. The van der Waals surface area contributed by atoms with Gasteiger partial charge in [0.1, 0.15) is 11.6 Å². The van der Waals surface area contributed by atoms with Crippen LogP contribution >= 0.6 is 0 Å². The Morgan fingerprint density at radius 2 is 2.00 bits per heavy atom. The Morgan fingerprint density at radius 1 is 1.35 bits per heavy atom. The molecule has 0 saturated heterocycles. The number of nitrogens with zero attached hydrogens (tertiary/aromatic N) is 2. The number of nitrogens with two attached hydrogens (primary N) is 1. The summed E-state index contributed by atoms with van der Waals surface area (Å²) < 4.78 is 4.77. The zero-order valence-electron chi connectivity index (χ0n) is 12.3. The van der Waals surface area contributed by atoms with Gasteiger partial charge in [-0.2, -0.15) is 0 Å². The molecule has 2 N–H and O–H groups in total. The van der Waals surface area contributed by atoms with E-state index in [1.54, 1.807) is 0 Å². The minimum Gasteiger partial charge on any atom is -0.464 e. The fraction of sp³-hybridized carbons (Fsp3) is 0.533. The molecule has 0 spiro atoms. The fourth-order valence-electron chi connectivity index (χ4n) is 1.64. The summed E-state index contributed by atoms with van der Waals surface area (Å²) in [6.07, 6.45) is 2.07. The molecule has 0 atom stereocenters. The van der Waals surface area contributed by atoms with E-state index in [4.69, 9.17) is 10.5 Å². The molecule has 0 bridgehead atoms. The minimum absolute atomic E-state index is 0.165. The van der Waals surface area contributed by atoms with E-state index in [1.807, 2.05) is 20.8 Å². The molecule has 1 fully saturated rings. The number of methoxy groups -OCH3 is 1. The molecule has 5 heteroatoms. The van der Waals surface area contributed by atoms with Crippen LogP contribution in [0.4, 0.5) is 5.82 Å². The number of rotatable bonds is 2. The summed E-state index contributed by atoms with van der Waals surface area (Å²) in [6, 6.07) is 0. The van der Waals surface area contributed by atoms with Gasteiger partial charge in [-0.1, -0.05) is 11.8 Å². The maximum absolute atomic E-state index is 11.9. The number of anilines is 1. The summed E-state index contributed by atoms with van der Waals surface area (Å²) in [5, 5.41) is 0. The zero-order chi connectivity index (χ0) is 14.9. The Hall–Kier alpha value is -2.09. The van der Waals surface area contributed by atoms with E-state index < -0.39 is 5.97 Å². The lowest BCUT2D eigenvalue weighted by Crippen LogP contribution is -2.14. The highest BCUT2D eigenvalue weighted by molar-refractivity contribution is 5.91. The average molecular weight is 273 g/mol. The number of esters is 1. The van der Waals surface area contributed by atoms with E-state index in [-0.39, 0.29) is 16.9 Å². The van der Waals surface area contributed by atoms with Crippen molar-refractivity contribution in [2.24, 2.45) is 5.41 Å². The van der Waals surface area contributed by atoms with Crippen LogP contribution < -0.4 is 5.73 Å². The van der Waals surface area contributed by atoms with Crippen LogP contribution in [0.2, 0.25) is 0 Å². The Bertz CT molecular complexity index is 602. The molecule has 0 aliphatic heterocycles. The van der Waals surface area contributed by atoms with Crippen LogP contribution in [-0.2, 0) is 4.74 Å². The van der Waals surface area contributed by atoms with Gasteiger partial charge in [-0.3, -0.25) is 0 Å². The van der Waals surface area contributed by atoms with Gasteiger partial charge < -0.3 is 10.5 Å². The first-order valence-corrected chi connectivity index (χ1v) is 6.60. The number of carbonyl (C=O) groups excluding carboxylic acids is 1. The van der Waals surface area contributed by atoms with E-state index in [0.717, 1.165) is 12.8 Å². The number of hydrogen-bond donors (Lipinski definition) is 1. The Morgan fingerprint density at radius 3 is 2.50 bits per heavy atom. The lowest BCUT2D eigenvalue weighted by Gasteiger charge is -2.09. The van der Waals surface area contributed by atoms with Crippen molar-refractivity contribution >= 4 is 11.8 Å². The van der Waals surface area contributed by atoms with Gasteiger partial charge in [0.15, 0.2) is 5.69 Å². The van der Waals surface area contributed by atoms with Gasteiger partial charge in [0, 0.05) is 11.3 Å². The minimum atomic E-state index is -0.529. The predicted octanol–water partition coefficient (Wildman–Crippen LogP) is 2.12. The lowest BCUT2D eigenvalue weighted by molar-refractivity contribution is 0.0593. The average Bonchev–Trinajstić information content (AvgIpc) is 3.18. The van der Waals surface area contributed by atoms with Gasteiger partial charge in [0.05, 0.1) is 12.7 Å². The van der Waals surface area contributed by atoms with Crippen LogP contribution in [0, 0.1) is 17.3 Å². The summed E-state index contributed by atoms with van der Waals surface area (Å²) in [6.45, 7) is 5.94. The lowest BCUT2D eigenvalue weighted by atomic mass is 9.97. The van der Waals surface area contributed by atoms with Gasteiger partial charge in [-0.15, -0.1) is 0 Å². The van der Waals surface area contributed by atoms with E-state index in [9.17, 15) is 4.79 Å². The van der Waals surface area contributed by atoms with Crippen molar-refractivity contribution in [2.45, 2.75) is 39.5 Å². The first-order valence-electron chi connectivity index (χ1n) is 6.60. The van der Waals surface area contributed by atoms with E-state index in [2.05, 4.69) is 21.8 Å². The number of ether oxygens (including phenoxy) is 1. The predicted molar refractivity (Wildman–Crippen MR) is 76.1 cm³/mol. The molecule has 1 aromatic rings. The molecule has 1 aromatic heterocycles. The number of hydrogen-bond acceptors (Lipinski definition) is 5. The number of carbonyl (C=O) groups is 1. The third-order valence-corrected chi connectivity index (χ3v) is 2.84. The molecule has 5 nitrogen and oxygen atoms in total. The maximum atomic E-state index is 11.9. The summed E-state index contributed by atoms with van der Waals surface area (Å²) in [5.41, 5.74) is 6.27. The molecule has 1 aliphatic carbocycles. The van der Waals surface area contributed by atoms with Crippen molar-refractivity contribution in [3.8, 4) is 11.8 Å². The quantitative estimate of drug-likeness (QED) is 0.659. The maximum Gasteiger partial charge on any atom is 0.358 e. The Kier molecular flexibility index (Phi) is 3.67. The SMILES string of the molecule is COC(=O)c1nc(C2CC2)nc(N)c1C#CC(C)(C)C. The smallest absolute Gasteiger partial charge is 0.358 e. The topological polar surface area (TPSA) is 78.1 Å². The van der Waals surface area contributed by atoms with E-state index in [0.29, 0.717) is 17.3 Å². The van der Waals surface area contributed by atoms with Gasteiger partial charge in [0.2, 0.25) is 0 Å². The second kappa shape index (κ2) is 5.12. The van der Waals surface area contributed by atoms with E-state index in [1.165, 1.54) is 7.11 Å².